The maximum Gasteiger partial charge on any atom is 0.327 e. The molecule has 2 rings (SSSR count). The van der Waals surface area contributed by atoms with E-state index < -0.39 is 5.69 Å². The summed E-state index contributed by atoms with van der Waals surface area (Å²) in [6.45, 7) is 11.2. The lowest BCUT2D eigenvalue weighted by molar-refractivity contribution is 0.340. The van der Waals surface area contributed by atoms with Crippen LogP contribution in [0.5, 0.6) is 0 Å². The number of nitrogens with zero attached hydrogens (tertiary/aromatic N) is 2. The van der Waals surface area contributed by atoms with Crippen molar-refractivity contribution >= 4 is 11.2 Å². The number of rotatable bonds is 3. The lowest BCUT2D eigenvalue weighted by atomic mass is 9.96. The second-order valence-corrected chi connectivity index (χ2v) is 6.88. The molecule has 0 aliphatic rings. The fourth-order valence-electron chi connectivity index (χ4n) is 2.28. The van der Waals surface area contributed by atoms with Gasteiger partial charge in [-0.05, 0) is 11.3 Å². The summed E-state index contributed by atoms with van der Waals surface area (Å²) < 4.78 is 1.93. The van der Waals surface area contributed by atoms with E-state index in [-0.39, 0.29) is 11.0 Å². The first kappa shape index (κ1) is 14.6. The summed E-state index contributed by atoms with van der Waals surface area (Å²) in [5, 5.41) is 0. The highest BCUT2D eigenvalue weighted by Crippen LogP contribution is 2.21. The number of H-pyrrole nitrogens is 2. The Morgan fingerprint density at radius 2 is 1.85 bits per heavy atom. The third kappa shape index (κ3) is 3.00. The van der Waals surface area contributed by atoms with Gasteiger partial charge in [0, 0.05) is 13.0 Å². The Balaban J connectivity index is 2.71. The van der Waals surface area contributed by atoms with Gasteiger partial charge in [0.2, 0.25) is 0 Å². The van der Waals surface area contributed by atoms with Crippen LogP contribution >= 0.6 is 0 Å². The van der Waals surface area contributed by atoms with Gasteiger partial charge >= 0.3 is 5.69 Å². The Morgan fingerprint density at radius 3 is 2.40 bits per heavy atom. The Labute approximate surface area is 117 Å². The van der Waals surface area contributed by atoms with E-state index >= 15 is 0 Å². The molecule has 2 heterocycles. The first-order valence-electron chi connectivity index (χ1n) is 6.89. The van der Waals surface area contributed by atoms with Gasteiger partial charge in [-0.25, -0.2) is 9.78 Å². The molecule has 0 radical (unpaired) electrons. The first-order valence-corrected chi connectivity index (χ1v) is 6.89. The van der Waals surface area contributed by atoms with Crippen LogP contribution in [0.3, 0.4) is 0 Å². The minimum Gasteiger partial charge on any atom is -0.322 e. The Morgan fingerprint density at radius 1 is 1.20 bits per heavy atom. The number of aromatic nitrogens is 4. The van der Waals surface area contributed by atoms with E-state index in [0.717, 1.165) is 12.2 Å². The normalized spacial score (nSPS) is 12.5. The van der Waals surface area contributed by atoms with E-state index in [9.17, 15) is 9.59 Å². The SMILES string of the molecule is CC(C)Cc1nc2[nH]c(=O)[nH]c(=O)c2n1CC(C)(C)C. The average molecular weight is 278 g/mol. The second-order valence-electron chi connectivity index (χ2n) is 6.88. The van der Waals surface area contributed by atoms with Crippen molar-refractivity contribution in [3.8, 4) is 0 Å². The number of aromatic amines is 2. The van der Waals surface area contributed by atoms with Crippen molar-refractivity contribution in [1.82, 2.24) is 19.5 Å². The van der Waals surface area contributed by atoms with Crippen LogP contribution in [0.4, 0.5) is 0 Å². The van der Waals surface area contributed by atoms with Gasteiger partial charge in [-0.3, -0.25) is 14.8 Å². The quantitative estimate of drug-likeness (QED) is 0.895. The van der Waals surface area contributed by atoms with Gasteiger partial charge in [0.15, 0.2) is 11.2 Å². The Hall–Kier alpha value is -1.85. The third-order valence-electron chi connectivity index (χ3n) is 2.94. The van der Waals surface area contributed by atoms with Crippen LogP contribution < -0.4 is 11.2 Å². The molecule has 0 fully saturated rings. The molecule has 0 aromatic carbocycles. The molecule has 0 unspecified atom stereocenters. The van der Waals surface area contributed by atoms with Gasteiger partial charge in [0.1, 0.15) is 5.82 Å². The monoisotopic (exact) mass is 278 g/mol. The smallest absolute Gasteiger partial charge is 0.322 e. The van der Waals surface area contributed by atoms with Crippen molar-refractivity contribution in [1.29, 1.82) is 0 Å². The van der Waals surface area contributed by atoms with Gasteiger partial charge in [-0.15, -0.1) is 0 Å². The zero-order valence-electron chi connectivity index (χ0n) is 12.7. The van der Waals surface area contributed by atoms with E-state index in [1.54, 1.807) is 0 Å². The van der Waals surface area contributed by atoms with Crippen LogP contribution in [-0.2, 0) is 13.0 Å². The van der Waals surface area contributed by atoms with Gasteiger partial charge in [0.25, 0.3) is 5.56 Å². The molecule has 0 saturated carbocycles. The minimum absolute atomic E-state index is 0.0158. The minimum atomic E-state index is -0.515. The Kier molecular flexibility index (Phi) is 3.58. The van der Waals surface area contributed by atoms with Crippen LogP contribution in [0, 0.1) is 11.3 Å². The molecule has 0 bridgehead atoms. The molecule has 110 valence electrons. The van der Waals surface area contributed by atoms with Crippen LogP contribution in [0.1, 0.15) is 40.4 Å². The van der Waals surface area contributed by atoms with Crippen molar-refractivity contribution in [3.05, 3.63) is 26.7 Å². The molecule has 2 N–H and O–H groups in total. The molecule has 0 aliphatic heterocycles. The summed E-state index contributed by atoms with van der Waals surface area (Å²) in [5.41, 5.74) is -0.0505. The molecule has 2 aromatic heterocycles. The first-order chi connectivity index (χ1) is 9.17. The maximum absolute atomic E-state index is 12.1. The van der Waals surface area contributed by atoms with E-state index in [1.807, 2.05) is 4.57 Å². The van der Waals surface area contributed by atoms with Crippen molar-refractivity contribution < 1.29 is 0 Å². The molecule has 6 heteroatoms. The maximum atomic E-state index is 12.1. The topological polar surface area (TPSA) is 83.5 Å². The lowest BCUT2D eigenvalue weighted by Crippen LogP contribution is -2.25. The lowest BCUT2D eigenvalue weighted by Gasteiger charge is -2.21. The number of hydrogen-bond donors (Lipinski definition) is 2. The van der Waals surface area contributed by atoms with Crippen molar-refractivity contribution in [2.45, 2.75) is 47.6 Å². The predicted octanol–water partition coefficient (Wildman–Crippen LogP) is 1.66. The van der Waals surface area contributed by atoms with E-state index in [2.05, 4.69) is 49.6 Å². The van der Waals surface area contributed by atoms with Crippen molar-refractivity contribution in [2.24, 2.45) is 11.3 Å². The highest BCUT2D eigenvalue weighted by atomic mass is 16.2. The summed E-state index contributed by atoms with van der Waals surface area (Å²) in [7, 11) is 0. The van der Waals surface area contributed by atoms with Crippen LogP contribution in [0.25, 0.3) is 11.2 Å². The molecular weight excluding hydrogens is 256 g/mol. The summed E-state index contributed by atoms with van der Waals surface area (Å²) in [5.74, 6) is 1.27. The highest BCUT2D eigenvalue weighted by Gasteiger charge is 2.20. The average Bonchev–Trinajstić information content (AvgIpc) is 2.52. The summed E-state index contributed by atoms with van der Waals surface area (Å²) in [6.07, 6.45) is 0.770. The Bertz CT molecular complexity index is 728. The van der Waals surface area contributed by atoms with Crippen LogP contribution in [0.15, 0.2) is 9.59 Å². The zero-order valence-corrected chi connectivity index (χ0v) is 12.7. The van der Waals surface area contributed by atoms with Crippen molar-refractivity contribution in [3.63, 3.8) is 0 Å². The van der Waals surface area contributed by atoms with Crippen molar-refractivity contribution in [2.75, 3.05) is 0 Å². The van der Waals surface area contributed by atoms with E-state index in [0.29, 0.717) is 23.6 Å². The summed E-state index contributed by atoms with van der Waals surface area (Å²) in [6, 6.07) is 0. The third-order valence-corrected chi connectivity index (χ3v) is 2.94. The molecule has 2 aromatic rings. The van der Waals surface area contributed by atoms with Gasteiger partial charge in [-0.1, -0.05) is 34.6 Å². The van der Waals surface area contributed by atoms with Crippen LogP contribution in [0.2, 0.25) is 0 Å². The number of hydrogen-bond acceptors (Lipinski definition) is 3. The number of nitrogens with one attached hydrogen (secondary N) is 2. The summed E-state index contributed by atoms with van der Waals surface area (Å²) >= 11 is 0. The predicted molar refractivity (Wildman–Crippen MR) is 79.0 cm³/mol. The van der Waals surface area contributed by atoms with Gasteiger partial charge in [-0.2, -0.15) is 0 Å². The van der Waals surface area contributed by atoms with Gasteiger partial charge < -0.3 is 4.57 Å². The standard InChI is InChI=1S/C14H22N4O2/c1-8(2)6-9-15-11-10(12(19)17-13(20)16-11)18(9)7-14(3,4)5/h8H,6-7H2,1-5H3,(H2,16,17,19,20). The van der Waals surface area contributed by atoms with Crippen LogP contribution in [-0.4, -0.2) is 19.5 Å². The van der Waals surface area contributed by atoms with E-state index in [4.69, 9.17) is 0 Å². The molecular formula is C14H22N4O2. The zero-order chi connectivity index (χ0) is 15.1. The number of fused-ring (bicyclic) bond motifs is 1. The molecule has 0 amide bonds. The second kappa shape index (κ2) is 4.92. The molecule has 0 spiro atoms. The fraction of sp³-hybridized carbons (Fsp3) is 0.643. The largest absolute Gasteiger partial charge is 0.327 e. The molecule has 0 saturated heterocycles. The summed E-state index contributed by atoms with van der Waals surface area (Å²) in [4.78, 5) is 32.8. The van der Waals surface area contributed by atoms with E-state index in [1.165, 1.54) is 0 Å². The molecule has 6 nitrogen and oxygen atoms in total. The molecule has 0 atom stereocenters. The molecule has 20 heavy (non-hydrogen) atoms. The van der Waals surface area contributed by atoms with Gasteiger partial charge in [0.05, 0.1) is 0 Å². The fourth-order valence-corrected chi connectivity index (χ4v) is 2.28. The number of imidazole rings is 1. The molecule has 0 aliphatic carbocycles. The highest BCUT2D eigenvalue weighted by molar-refractivity contribution is 5.70.